The third-order valence-corrected chi connectivity index (χ3v) is 5.88. The Morgan fingerprint density at radius 3 is 2.85 bits per heavy atom. The first-order chi connectivity index (χ1) is 12.8. The molecule has 0 spiro atoms. The number of nitrogens with zero attached hydrogens (tertiary/aromatic N) is 4. The molecule has 1 aromatic carbocycles. The molecule has 4 rings (SSSR count). The minimum atomic E-state index is 0.415. The fourth-order valence-corrected chi connectivity index (χ4v) is 4.29. The van der Waals surface area contributed by atoms with Crippen molar-refractivity contribution in [3.8, 4) is 0 Å². The highest BCUT2D eigenvalue weighted by Gasteiger charge is 2.25. The van der Waals surface area contributed by atoms with Crippen LogP contribution in [0.2, 0.25) is 0 Å². The second kappa shape index (κ2) is 8.28. The fraction of sp³-hybridized carbons (Fsp3) is 0.545. The molecule has 1 saturated heterocycles. The van der Waals surface area contributed by atoms with Crippen molar-refractivity contribution in [2.75, 3.05) is 26.7 Å². The van der Waals surface area contributed by atoms with Crippen molar-refractivity contribution in [1.29, 1.82) is 0 Å². The van der Waals surface area contributed by atoms with Gasteiger partial charge < -0.3 is 0 Å². The Morgan fingerprint density at radius 2 is 2.00 bits per heavy atom. The number of hydrogen-bond donors (Lipinski definition) is 0. The molecule has 0 N–H and O–H groups in total. The van der Waals surface area contributed by atoms with Gasteiger partial charge >= 0.3 is 0 Å². The van der Waals surface area contributed by atoms with E-state index in [2.05, 4.69) is 53.4 Å². The summed E-state index contributed by atoms with van der Waals surface area (Å²) in [7, 11) is 2.21. The molecule has 0 bridgehead atoms. The summed E-state index contributed by atoms with van der Waals surface area (Å²) in [6, 6.07) is 11.2. The van der Waals surface area contributed by atoms with E-state index in [0.29, 0.717) is 6.04 Å². The molecule has 2 aliphatic heterocycles. The van der Waals surface area contributed by atoms with Crippen LogP contribution in [0.5, 0.6) is 0 Å². The number of rotatable bonds is 5. The number of piperidine rings is 1. The van der Waals surface area contributed by atoms with E-state index in [-0.39, 0.29) is 0 Å². The Morgan fingerprint density at radius 1 is 1.12 bits per heavy atom. The molecule has 0 radical (unpaired) electrons. The maximum atomic E-state index is 4.97. The van der Waals surface area contributed by atoms with Crippen LogP contribution in [-0.2, 0) is 19.4 Å². The number of aromatic nitrogens is 2. The second-order valence-electron chi connectivity index (χ2n) is 7.81. The van der Waals surface area contributed by atoms with Gasteiger partial charge in [0.15, 0.2) is 0 Å². The summed E-state index contributed by atoms with van der Waals surface area (Å²) >= 11 is 0. The van der Waals surface area contributed by atoms with Crippen molar-refractivity contribution >= 4 is 0 Å². The minimum absolute atomic E-state index is 0.415. The number of fused-ring (bicyclic) bond motifs is 1. The van der Waals surface area contributed by atoms with Gasteiger partial charge in [0.25, 0.3) is 0 Å². The maximum absolute atomic E-state index is 4.97. The highest BCUT2D eigenvalue weighted by molar-refractivity contribution is 5.21. The van der Waals surface area contributed by atoms with Crippen molar-refractivity contribution in [3.05, 3.63) is 59.2 Å². The largest absolute Gasteiger partial charge is 0.299 e. The van der Waals surface area contributed by atoms with Crippen LogP contribution in [0, 0.1) is 0 Å². The first kappa shape index (κ1) is 17.6. The summed E-state index contributed by atoms with van der Waals surface area (Å²) < 4.78 is 0. The molecule has 2 aromatic rings. The van der Waals surface area contributed by atoms with Gasteiger partial charge in [-0.1, -0.05) is 36.8 Å². The summed E-state index contributed by atoms with van der Waals surface area (Å²) in [5.41, 5.74) is 4.06. The predicted octanol–water partition coefficient (Wildman–Crippen LogP) is 3.62. The summed E-state index contributed by atoms with van der Waals surface area (Å²) in [4.78, 5) is 14.7. The molecular weight excluding hydrogens is 320 g/mol. The number of aryl methyl sites for hydroxylation is 1. The van der Waals surface area contributed by atoms with Gasteiger partial charge in [0.2, 0.25) is 0 Å². The number of likely N-dealkylation sites (tertiary alicyclic amines) is 1. The SMILES string of the molecule is CN1CCCC[C@H]1c1ncc2c(n1)CCN(CCCc1ccccc1)C2. The molecule has 4 nitrogen and oxygen atoms in total. The molecule has 1 aromatic heterocycles. The fourth-order valence-electron chi connectivity index (χ4n) is 4.29. The lowest BCUT2D eigenvalue weighted by molar-refractivity contribution is 0.178. The monoisotopic (exact) mass is 350 g/mol. The summed E-state index contributed by atoms with van der Waals surface area (Å²) in [6.07, 6.45) is 9.33. The smallest absolute Gasteiger partial charge is 0.145 e. The van der Waals surface area contributed by atoms with Gasteiger partial charge in [0, 0.05) is 37.0 Å². The summed E-state index contributed by atoms with van der Waals surface area (Å²) in [5.74, 6) is 1.04. The van der Waals surface area contributed by atoms with E-state index in [0.717, 1.165) is 38.3 Å². The third kappa shape index (κ3) is 4.13. The molecule has 26 heavy (non-hydrogen) atoms. The molecule has 1 fully saturated rings. The van der Waals surface area contributed by atoms with Crippen LogP contribution in [0.1, 0.15) is 54.4 Å². The Balaban J connectivity index is 1.34. The lowest BCUT2D eigenvalue weighted by Gasteiger charge is -2.32. The van der Waals surface area contributed by atoms with Crippen LogP contribution in [0.15, 0.2) is 36.5 Å². The van der Waals surface area contributed by atoms with E-state index in [4.69, 9.17) is 9.97 Å². The van der Waals surface area contributed by atoms with Gasteiger partial charge in [-0.25, -0.2) is 9.97 Å². The van der Waals surface area contributed by atoms with E-state index in [1.165, 1.54) is 49.0 Å². The Hall–Kier alpha value is -1.78. The molecule has 3 heterocycles. The lowest BCUT2D eigenvalue weighted by atomic mass is 10.0. The van der Waals surface area contributed by atoms with Gasteiger partial charge in [0.05, 0.1) is 6.04 Å². The van der Waals surface area contributed by atoms with Crippen LogP contribution in [-0.4, -0.2) is 46.4 Å². The first-order valence-corrected chi connectivity index (χ1v) is 10.1. The molecule has 0 unspecified atom stereocenters. The second-order valence-corrected chi connectivity index (χ2v) is 7.81. The third-order valence-electron chi connectivity index (χ3n) is 5.88. The Labute approximate surface area is 157 Å². The zero-order valence-electron chi connectivity index (χ0n) is 15.9. The average molecular weight is 351 g/mol. The van der Waals surface area contributed by atoms with Gasteiger partial charge in [-0.05, 0) is 51.4 Å². The summed E-state index contributed by atoms with van der Waals surface area (Å²) in [5, 5.41) is 0. The van der Waals surface area contributed by atoms with Crippen molar-refractivity contribution in [2.24, 2.45) is 0 Å². The van der Waals surface area contributed by atoms with Crippen LogP contribution >= 0.6 is 0 Å². The van der Waals surface area contributed by atoms with Gasteiger partial charge in [-0.2, -0.15) is 0 Å². The highest BCUT2D eigenvalue weighted by Crippen LogP contribution is 2.28. The quantitative estimate of drug-likeness (QED) is 0.824. The van der Waals surface area contributed by atoms with Gasteiger partial charge in [0.1, 0.15) is 5.82 Å². The van der Waals surface area contributed by atoms with Gasteiger partial charge in [-0.15, -0.1) is 0 Å². The normalized spacial score (nSPS) is 21.5. The first-order valence-electron chi connectivity index (χ1n) is 10.1. The van der Waals surface area contributed by atoms with Crippen LogP contribution in [0.25, 0.3) is 0 Å². The standard InChI is InChI=1S/C22H30N4/c1-25-13-6-5-11-21(25)22-23-16-19-17-26(15-12-20(19)24-22)14-7-10-18-8-3-2-4-9-18/h2-4,8-9,16,21H,5-7,10-15,17H2,1H3/t21-/m0/s1. The number of benzene rings is 1. The van der Waals surface area contributed by atoms with Crippen molar-refractivity contribution in [1.82, 2.24) is 19.8 Å². The van der Waals surface area contributed by atoms with E-state index < -0.39 is 0 Å². The molecule has 4 heteroatoms. The Kier molecular flexibility index (Phi) is 5.61. The highest BCUT2D eigenvalue weighted by atomic mass is 15.2. The van der Waals surface area contributed by atoms with E-state index in [1.807, 2.05) is 0 Å². The van der Waals surface area contributed by atoms with E-state index in [9.17, 15) is 0 Å². The predicted molar refractivity (Wildman–Crippen MR) is 105 cm³/mol. The molecular formula is C22H30N4. The zero-order chi connectivity index (χ0) is 17.8. The molecule has 138 valence electrons. The lowest BCUT2D eigenvalue weighted by Crippen LogP contribution is -2.34. The van der Waals surface area contributed by atoms with Gasteiger partial charge in [-0.3, -0.25) is 9.80 Å². The van der Waals surface area contributed by atoms with Crippen molar-refractivity contribution in [3.63, 3.8) is 0 Å². The molecule has 0 saturated carbocycles. The average Bonchev–Trinajstić information content (AvgIpc) is 2.69. The molecule has 0 amide bonds. The summed E-state index contributed by atoms with van der Waals surface area (Å²) in [6.45, 7) is 4.45. The van der Waals surface area contributed by atoms with Crippen molar-refractivity contribution in [2.45, 2.75) is 51.1 Å². The Bertz CT molecular complexity index is 715. The van der Waals surface area contributed by atoms with E-state index >= 15 is 0 Å². The van der Waals surface area contributed by atoms with Crippen LogP contribution in [0.3, 0.4) is 0 Å². The molecule has 0 aliphatic carbocycles. The van der Waals surface area contributed by atoms with E-state index in [1.54, 1.807) is 0 Å². The maximum Gasteiger partial charge on any atom is 0.145 e. The molecule has 1 atom stereocenters. The minimum Gasteiger partial charge on any atom is -0.299 e. The van der Waals surface area contributed by atoms with Crippen LogP contribution in [0.4, 0.5) is 0 Å². The molecule has 2 aliphatic rings. The zero-order valence-corrected chi connectivity index (χ0v) is 15.9. The number of hydrogen-bond acceptors (Lipinski definition) is 4. The topological polar surface area (TPSA) is 32.3 Å². The van der Waals surface area contributed by atoms with Crippen molar-refractivity contribution < 1.29 is 0 Å². The van der Waals surface area contributed by atoms with Crippen LogP contribution < -0.4 is 0 Å².